The number of aryl methyl sites for hydroxylation is 4. The molecular formula is C28H39N5O3. The van der Waals surface area contributed by atoms with Crippen LogP contribution in [0.4, 0.5) is 0 Å². The number of hydrogen-bond donors (Lipinski definition) is 1. The van der Waals surface area contributed by atoms with Crippen LogP contribution < -0.4 is 11.2 Å². The van der Waals surface area contributed by atoms with Crippen molar-refractivity contribution in [3.8, 4) is 0 Å². The molecule has 1 saturated heterocycles. The van der Waals surface area contributed by atoms with Crippen molar-refractivity contribution < 1.29 is 4.79 Å². The molecule has 0 bridgehead atoms. The zero-order valence-corrected chi connectivity index (χ0v) is 21.9. The zero-order valence-electron chi connectivity index (χ0n) is 21.9. The van der Waals surface area contributed by atoms with E-state index in [0.717, 1.165) is 51.5 Å². The Bertz CT molecular complexity index is 1300. The Morgan fingerprint density at radius 1 is 1.03 bits per heavy atom. The van der Waals surface area contributed by atoms with E-state index in [4.69, 9.17) is 4.98 Å². The van der Waals surface area contributed by atoms with Gasteiger partial charge in [0.2, 0.25) is 5.91 Å². The van der Waals surface area contributed by atoms with E-state index in [1.165, 1.54) is 11.1 Å². The minimum absolute atomic E-state index is 0.113. The third kappa shape index (κ3) is 5.47. The van der Waals surface area contributed by atoms with Crippen molar-refractivity contribution >= 4 is 17.1 Å². The smallest absolute Gasteiger partial charge is 0.330 e. The van der Waals surface area contributed by atoms with E-state index in [9.17, 15) is 14.4 Å². The van der Waals surface area contributed by atoms with Crippen molar-refractivity contribution in [3.05, 3.63) is 62.1 Å². The van der Waals surface area contributed by atoms with Crippen LogP contribution in [0.2, 0.25) is 0 Å². The maximum Gasteiger partial charge on any atom is 0.330 e. The third-order valence-electron chi connectivity index (χ3n) is 7.28. The number of benzene rings is 1. The molecule has 1 aliphatic rings. The van der Waals surface area contributed by atoms with Gasteiger partial charge in [-0.2, -0.15) is 0 Å². The molecule has 8 heteroatoms. The predicted octanol–water partition coefficient (Wildman–Crippen LogP) is 4.48. The molecule has 0 saturated carbocycles. The number of hydrogen-bond acceptors (Lipinski definition) is 4. The van der Waals surface area contributed by atoms with Crippen LogP contribution >= 0.6 is 0 Å². The first-order chi connectivity index (χ1) is 17.4. The van der Waals surface area contributed by atoms with Crippen LogP contribution in [-0.4, -0.2) is 36.5 Å². The van der Waals surface area contributed by atoms with Gasteiger partial charge >= 0.3 is 5.69 Å². The van der Waals surface area contributed by atoms with Gasteiger partial charge in [-0.3, -0.25) is 19.1 Å². The van der Waals surface area contributed by atoms with E-state index < -0.39 is 11.2 Å². The predicted molar refractivity (Wildman–Crippen MR) is 142 cm³/mol. The molecule has 1 amide bonds. The highest BCUT2D eigenvalue weighted by Gasteiger charge is 2.30. The second-order valence-corrected chi connectivity index (χ2v) is 9.98. The Morgan fingerprint density at radius 3 is 2.47 bits per heavy atom. The molecule has 0 radical (unpaired) electrons. The van der Waals surface area contributed by atoms with Crippen molar-refractivity contribution in [2.75, 3.05) is 6.54 Å². The first-order valence-corrected chi connectivity index (χ1v) is 13.5. The average Bonchev–Trinajstić information content (AvgIpc) is 3.49. The molecule has 3 aromatic rings. The SMILES string of the molecule is CCCCCn1c(CCC(=O)N2CCCC2c2ccc(C)cc2)nc2c1c(=O)[nH]c(=O)n2CCCC. The standard InChI is InChI=1S/C28H39N5O3/c1-4-6-8-18-32-23(29-26-25(32)27(35)30-28(36)33(26)17-7-5-2)15-16-24(34)31-19-9-10-22(31)21-13-11-20(3)12-14-21/h11-14,22H,4-10,15-19H2,1-3H3,(H,30,35,36). The van der Waals surface area contributed by atoms with Crippen molar-refractivity contribution in [1.29, 1.82) is 0 Å². The number of fused-ring (bicyclic) bond motifs is 1. The summed E-state index contributed by atoms with van der Waals surface area (Å²) in [6.45, 7) is 8.21. The maximum atomic E-state index is 13.4. The summed E-state index contributed by atoms with van der Waals surface area (Å²) in [6.07, 6.45) is 7.52. The zero-order chi connectivity index (χ0) is 25.7. The number of likely N-dealkylation sites (tertiary alicyclic amines) is 1. The number of carbonyl (C=O) groups excluding carboxylic acids is 1. The largest absolute Gasteiger partial charge is 0.336 e. The molecular weight excluding hydrogens is 454 g/mol. The average molecular weight is 494 g/mol. The van der Waals surface area contributed by atoms with Gasteiger partial charge in [0.25, 0.3) is 5.56 Å². The molecule has 0 spiro atoms. The fourth-order valence-corrected chi connectivity index (χ4v) is 5.26. The Kier molecular flexibility index (Phi) is 8.44. The van der Waals surface area contributed by atoms with Crippen LogP contribution in [0.15, 0.2) is 33.9 Å². The van der Waals surface area contributed by atoms with E-state index in [2.05, 4.69) is 50.0 Å². The van der Waals surface area contributed by atoms with E-state index in [1.54, 1.807) is 4.57 Å². The molecule has 2 aromatic heterocycles. The summed E-state index contributed by atoms with van der Waals surface area (Å²) in [6, 6.07) is 8.57. The van der Waals surface area contributed by atoms with Gasteiger partial charge in [-0.1, -0.05) is 62.9 Å². The topological polar surface area (TPSA) is 93.0 Å². The van der Waals surface area contributed by atoms with Gasteiger partial charge in [-0.05, 0) is 38.2 Å². The van der Waals surface area contributed by atoms with E-state index >= 15 is 0 Å². The van der Waals surface area contributed by atoms with Gasteiger partial charge < -0.3 is 9.47 Å². The highest BCUT2D eigenvalue weighted by atomic mass is 16.2. The number of unbranched alkanes of at least 4 members (excludes halogenated alkanes) is 3. The number of aromatic nitrogens is 4. The lowest BCUT2D eigenvalue weighted by atomic mass is 10.0. The summed E-state index contributed by atoms with van der Waals surface area (Å²) in [5.74, 6) is 0.824. The summed E-state index contributed by atoms with van der Waals surface area (Å²) in [5, 5.41) is 0. The molecule has 4 rings (SSSR count). The highest BCUT2D eigenvalue weighted by Crippen LogP contribution is 2.32. The Labute approximate surface area is 212 Å². The van der Waals surface area contributed by atoms with Crippen LogP contribution in [0, 0.1) is 6.92 Å². The minimum Gasteiger partial charge on any atom is -0.336 e. The van der Waals surface area contributed by atoms with Crippen LogP contribution in [0.1, 0.15) is 88.2 Å². The molecule has 1 fully saturated rings. The van der Waals surface area contributed by atoms with Crippen LogP contribution in [-0.2, 0) is 24.3 Å². The highest BCUT2D eigenvalue weighted by molar-refractivity contribution is 5.77. The van der Waals surface area contributed by atoms with E-state index in [1.807, 2.05) is 9.47 Å². The van der Waals surface area contributed by atoms with Gasteiger partial charge in [0.1, 0.15) is 5.82 Å². The summed E-state index contributed by atoms with van der Waals surface area (Å²) in [7, 11) is 0. The van der Waals surface area contributed by atoms with Crippen LogP contribution in [0.25, 0.3) is 11.2 Å². The number of H-pyrrole nitrogens is 1. The lowest BCUT2D eigenvalue weighted by molar-refractivity contribution is -0.132. The fraction of sp³-hybridized carbons (Fsp3) is 0.571. The summed E-state index contributed by atoms with van der Waals surface area (Å²) < 4.78 is 3.52. The Morgan fingerprint density at radius 2 is 1.75 bits per heavy atom. The summed E-state index contributed by atoms with van der Waals surface area (Å²) >= 11 is 0. The third-order valence-corrected chi connectivity index (χ3v) is 7.28. The van der Waals surface area contributed by atoms with Gasteiger partial charge in [-0.15, -0.1) is 0 Å². The van der Waals surface area contributed by atoms with Crippen molar-refractivity contribution in [2.45, 2.75) is 97.7 Å². The second-order valence-electron chi connectivity index (χ2n) is 9.98. The van der Waals surface area contributed by atoms with Gasteiger partial charge in [-0.25, -0.2) is 9.78 Å². The first-order valence-electron chi connectivity index (χ1n) is 13.5. The Balaban J connectivity index is 1.60. The number of rotatable bonds is 11. The second kappa shape index (κ2) is 11.7. The normalized spacial score (nSPS) is 15.8. The van der Waals surface area contributed by atoms with Crippen LogP contribution in [0.3, 0.4) is 0 Å². The number of carbonyl (C=O) groups is 1. The van der Waals surface area contributed by atoms with Crippen LogP contribution in [0.5, 0.6) is 0 Å². The molecule has 3 heterocycles. The van der Waals surface area contributed by atoms with Crippen molar-refractivity contribution in [2.24, 2.45) is 0 Å². The molecule has 1 atom stereocenters. The van der Waals surface area contributed by atoms with Crippen molar-refractivity contribution in [1.82, 2.24) is 24.0 Å². The molecule has 8 nitrogen and oxygen atoms in total. The van der Waals surface area contributed by atoms with E-state index in [-0.39, 0.29) is 11.9 Å². The molecule has 36 heavy (non-hydrogen) atoms. The molecule has 1 aliphatic heterocycles. The minimum atomic E-state index is -0.417. The van der Waals surface area contributed by atoms with Gasteiger partial charge in [0, 0.05) is 32.5 Å². The quantitative estimate of drug-likeness (QED) is 0.399. The molecule has 194 valence electrons. The van der Waals surface area contributed by atoms with E-state index in [0.29, 0.717) is 42.9 Å². The number of aromatic amines is 1. The Hall–Kier alpha value is -3.16. The molecule has 1 N–H and O–H groups in total. The summed E-state index contributed by atoms with van der Waals surface area (Å²) in [4.78, 5) is 48.1. The number of imidazole rings is 1. The molecule has 0 aliphatic carbocycles. The fourth-order valence-electron chi connectivity index (χ4n) is 5.26. The van der Waals surface area contributed by atoms with Gasteiger partial charge in [0.15, 0.2) is 11.2 Å². The maximum absolute atomic E-state index is 13.4. The monoisotopic (exact) mass is 493 g/mol. The van der Waals surface area contributed by atoms with Gasteiger partial charge in [0.05, 0.1) is 6.04 Å². The number of nitrogens with one attached hydrogen (secondary N) is 1. The number of nitrogens with zero attached hydrogens (tertiary/aromatic N) is 4. The molecule has 1 unspecified atom stereocenters. The molecule has 1 aromatic carbocycles. The number of amides is 1. The van der Waals surface area contributed by atoms with Crippen molar-refractivity contribution in [3.63, 3.8) is 0 Å². The summed E-state index contributed by atoms with van der Waals surface area (Å²) in [5.41, 5.74) is 2.47. The lowest BCUT2D eigenvalue weighted by Gasteiger charge is -2.25. The first kappa shape index (κ1) is 25.9. The lowest BCUT2D eigenvalue weighted by Crippen LogP contribution is -2.31.